The number of rotatable bonds is 10. The van der Waals surface area contributed by atoms with Crippen molar-refractivity contribution >= 4 is 23.6 Å². The zero-order valence-electron chi connectivity index (χ0n) is 21.5. The molecule has 0 unspecified atom stereocenters. The summed E-state index contributed by atoms with van der Waals surface area (Å²) in [7, 11) is 0. The summed E-state index contributed by atoms with van der Waals surface area (Å²) in [5, 5.41) is 3.03. The highest BCUT2D eigenvalue weighted by Gasteiger charge is 2.32. The van der Waals surface area contributed by atoms with Crippen LogP contribution in [0.4, 0.5) is 4.39 Å². The molecular formula is C30H35FN2O2S. The first-order valence-corrected chi connectivity index (χ1v) is 13.3. The fourth-order valence-corrected chi connectivity index (χ4v) is 4.91. The number of thioether (sulfide) groups is 1. The first-order valence-electron chi connectivity index (χ1n) is 12.1. The number of hydrogen-bond donors (Lipinski definition) is 1. The van der Waals surface area contributed by atoms with Gasteiger partial charge in [-0.1, -0.05) is 72.8 Å². The Hall–Kier alpha value is -3.12. The number of halogens is 1. The summed E-state index contributed by atoms with van der Waals surface area (Å²) in [4.78, 5) is 28.7. The van der Waals surface area contributed by atoms with E-state index in [0.29, 0.717) is 17.7 Å². The molecule has 6 heteroatoms. The molecule has 0 heterocycles. The summed E-state index contributed by atoms with van der Waals surface area (Å²) in [6, 6.07) is 23.3. The number of nitrogens with zero attached hydrogens (tertiary/aromatic N) is 1. The topological polar surface area (TPSA) is 49.4 Å². The van der Waals surface area contributed by atoms with Crippen molar-refractivity contribution in [1.29, 1.82) is 0 Å². The second-order valence-electron chi connectivity index (χ2n) is 9.98. The molecule has 0 radical (unpaired) electrons. The molecule has 0 fully saturated rings. The predicted molar refractivity (Wildman–Crippen MR) is 146 cm³/mol. The minimum Gasteiger partial charge on any atom is -0.350 e. The Morgan fingerprint density at radius 3 is 2.17 bits per heavy atom. The van der Waals surface area contributed by atoms with Gasteiger partial charge in [0, 0.05) is 29.8 Å². The third kappa shape index (κ3) is 8.23. The summed E-state index contributed by atoms with van der Waals surface area (Å²) < 4.78 is 14.6. The molecule has 0 saturated heterocycles. The van der Waals surface area contributed by atoms with E-state index in [1.807, 2.05) is 63.2 Å². The highest BCUT2D eigenvalue weighted by atomic mass is 32.2. The van der Waals surface area contributed by atoms with Crippen molar-refractivity contribution < 1.29 is 14.0 Å². The minimum absolute atomic E-state index is 0.0193. The number of aryl methyl sites for hydroxylation is 1. The first-order chi connectivity index (χ1) is 17.1. The van der Waals surface area contributed by atoms with E-state index in [1.54, 1.807) is 18.2 Å². The lowest BCUT2D eigenvalue weighted by molar-refractivity contribution is -0.140. The maximum atomic E-state index is 14.6. The van der Waals surface area contributed by atoms with Crippen molar-refractivity contribution in [3.05, 3.63) is 107 Å². The van der Waals surface area contributed by atoms with Crippen molar-refractivity contribution in [2.45, 2.75) is 58.0 Å². The van der Waals surface area contributed by atoms with Gasteiger partial charge in [-0.25, -0.2) is 4.39 Å². The van der Waals surface area contributed by atoms with Crippen molar-refractivity contribution in [3.8, 4) is 0 Å². The average Bonchev–Trinajstić information content (AvgIpc) is 2.83. The molecule has 3 aromatic carbocycles. The van der Waals surface area contributed by atoms with Gasteiger partial charge in [0.2, 0.25) is 11.8 Å². The second-order valence-corrected chi connectivity index (χ2v) is 11.0. The van der Waals surface area contributed by atoms with Gasteiger partial charge in [-0.3, -0.25) is 9.59 Å². The van der Waals surface area contributed by atoms with Gasteiger partial charge in [0.05, 0.1) is 5.75 Å². The SMILES string of the molecule is Cc1ccccc1CSCC(=O)N(Cc1ccccc1F)[C@H](Cc1ccccc1)C(=O)NC(C)(C)C. The van der Waals surface area contributed by atoms with E-state index in [1.165, 1.54) is 33.9 Å². The van der Waals surface area contributed by atoms with Crippen LogP contribution in [-0.4, -0.2) is 34.0 Å². The van der Waals surface area contributed by atoms with Gasteiger partial charge >= 0.3 is 0 Å². The van der Waals surface area contributed by atoms with Gasteiger partial charge < -0.3 is 10.2 Å². The van der Waals surface area contributed by atoms with Crippen LogP contribution in [0.3, 0.4) is 0 Å². The van der Waals surface area contributed by atoms with Crippen LogP contribution in [-0.2, 0) is 28.3 Å². The number of amides is 2. The molecule has 1 atom stereocenters. The van der Waals surface area contributed by atoms with Crippen LogP contribution in [0, 0.1) is 12.7 Å². The van der Waals surface area contributed by atoms with E-state index >= 15 is 0 Å². The van der Waals surface area contributed by atoms with Gasteiger partial charge in [-0.2, -0.15) is 0 Å². The first kappa shape index (κ1) is 27.5. The molecule has 0 aliphatic heterocycles. The van der Waals surface area contributed by atoms with Crippen LogP contribution in [0.5, 0.6) is 0 Å². The fraction of sp³-hybridized carbons (Fsp3) is 0.333. The number of nitrogens with one attached hydrogen (secondary N) is 1. The van der Waals surface area contributed by atoms with E-state index in [2.05, 4.69) is 24.4 Å². The van der Waals surface area contributed by atoms with Crippen LogP contribution in [0.2, 0.25) is 0 Å². The van der Waals surface area contributed by atoms with Crippen LogP contribution in [0.15, 0.2) is 78.9 Å². The summed E-state index contributed by atoms with van der Waals surface area (Å²) in [5.74, 6) is 0.0414. The third-order valence-corrected chi connectivity index (χ3v) is 6.78. The molecule has 2 amide bonds. The molecule has 0 aromatic heterocycles. The highest BCUT2D eigenvalue weighted by Crippen LogP contribution is 2.21. The van der Waals surface area contributed by atoms with Gasteiger partial charge in [0.15, 0.2) is 0 Å². The lowest BCUT2D eigenvalue weighted by Crippen LogP contribution is -2.54. The molecule has 0 aliphatic rings. The Morgan fingerprint density at radius 1 is 0.917 bits per heavy atom. The quantitative estimate of drug-likeness (QED) is 0.371. The lowest BCUT2D eigenvalue weighted by Gasteiger charge is -2.34. The Labute approximate surface area is 218 Å². The maximum absolute atomic E-state index is 14.6. The number of carbonyl (C=O) groups is 2. The van der Waals surface area contributed by atoms with E-state index in [9.17, 15) is 14.0 Å². The predicted octanol–water partition coefficient (Wildman–Crippen LogP) is 5.92. The van der Waals surface area contributed by atoms with E-state index in [0.717, 1.165) is 5.56 Å². The van der Waals surface area contributed by atoms with Crippen molar-refractivity contribution in [1.82, 2.24) is 10.2 Å². The van der Waals surface area contributed by atoms with Gasteiger partial charge in [-0.05, 0) is 50.5 Å². The van der Waals surface area contributed by atoms with E-state index in [4.69, 9.17) is 0 Å². The molecule has 36 heavy (non-hydrogen) atoms. The molecular weight excluding hydrogens is 471 g/mol. The normalized spacial score (nSPS) is 12.1. The highest BCUT2D eigenvalue weighted by molar-refractivity contribution is 7.99. The van der Waals surface area contributed by atoms with E-state index < -0.39 is 17.4 Å². The summed E-state index contributed by atoms with van der Waals surface area (Å²) >= 11 is 1.50. The molecule has 0 spiro atoms. The molecule has 3 rings (SSSR count). The smallest absolute Gasteiger partial charge is 0.243 e. The second kappa shape index (κ2) is 12.7. The molecule has 3 aromatic rings. The standard InChI is InChI=1S/C30H35FN2O2S/c1-22-12-8-9-16-25(22)20-36-21-28(34)33(19-24-15-10-11-17-26(24)31)27(29(35)32-30(2,3)4)18-23-13-6-5-7-14-23/h5-17,27H,18-21H2,1-4H3,(H,32,35)/t27-/m1/s1. The lowest BCUT2D eigenvalue weighted by atomic mass is 10.0. The molecule has 4 nitrogen and oxygen atoms in total. The summed E-state index contributed by atoms with van der Waals surface area (Å²) in [6.07, 6.45) is 0.339. The average molecular weight is 507 g/mol. The fourth-order valence-electron chi connectivity index (χ4n) is 3.92. The minimum atomic E-state index is -0.780. The van der Waals surface area contributed by atoms with Crippen LogP contribution >= 0.6 is 11.8 Å². The Morgan fingerprint density at radius 2 is 1.53 bits per heavy atom. The van der Waals surface area contributed by atoms with Crippen molar-refractivity contribution in [2.75, 3.05) is 5.75 Å². The zero-order chi connectivity index (χ0) is 26.1. The molecule has 0 aliphatic carbocycles. The Bertz CT molecular complexity index is 1160. The molecule has 0 saturated carbocycles. The van der Waals surface area contributed by atoms with Crippen molar-refractivity contribution in [2.24, 2.45) is 0 Å². The van der Waals surface area contributed by atoms with Crippen molar-refractivity contribution in [3.63, 3.8) is 0 Å². The maximum Gasteiger partial charge on any atom is 0.243 e. The Balaban J connectivity index is 1.89. The monoisotopic (exact) mass is 506 g/mol. The van der Waals surface area contributed by atoms with E-state index in [-0.39, 0.29) is 24.1 Å². The van der Waals surface area contributed by atoms with Crippen LogP contribution in [0.1, 0.15) is 43.0 Å². The van der Waals surface area contributed by atoms with Gasteiger partial charge in [0.25, 0.3) is 0 Å². The zero-order valence-corrected chi connectivity index (χ0v) is 22.3. The number of benzene rings is 3. The summed E-state index contributed by atoms with van der Waals surface area (Å²) in [6.45, 7) is 7.79. The van der Waals surface area contributed by atoms with Crippen LogP contribution in [0.25, 0.3) is 0 Å². The van der Waals surface area contributed by atoms with Crippen LogP contribution < -0.4 is 5.32 Å². The summed E-state index contributed by atoms with van der Waals surface area (Å²) in [5.41, 5.74) is 3.19. The Kier molecular flexibility index (Phi) is 9.71. The van der Waals surface area contributed by atoms with Gasteiger partial charge in [-0.15, -0.1) is 11.8 Å². The third-order valence-electron chi connectivity index (χ3n) is 5.81. The molecule has 1 N–H and O–H groups in total. The largest absolute Gasteiger partial charge is 0.350 e. The van der Waals surface area contributed by atoms with Gasteiger partial charge in [0.1, 0.15) is 11.9 Å². The molecule has 0 bridgehead atoms. The number of hydrogen-bond acceptors (Lipinski definition) is 3. The number of carbonyl (C=O) groups excluding carboxylic acids is 2. The molecule has 190 valence electrons.